The van der Waals surface area contributed by atoms with Crippen molar-refractivity contribution in [3.8, 4) is 0 Å². The van der Waals surface area contributed by atoms with Crippen LogP contribution in [0, 0.1) is 0 Å². The summed E-state index contributed by atoms with van der Waals surface area (Å²) in [6, 6.07) is 0. The van der Waals surface area contributed by atoms with Crippen LogP contribution in [-0.4, -0.2) is 38.1 Å². The van der Waals surface area contributed by atoms with Crippen LogP contribution in [0.5, 0.6) is 0 Å². The molecule has 84 valence electrons. The molecule has 1 aromatic rings. The van der Waals surface area contributed by atoms with E-state index in [0.29, 0.717) is 17.6 Å². The number of carbonyl (C=O) groups is 1. The van der Waals surface area contributed by atoms with E-state index in [1.807, 2.05) is 13.8 Å². The number of H-pyrrole nitrogens is 1. The van der Waals surface area contributed by atoms with Gasteiger partial charge in [0.1, 0.15) is 6.61 Å². The summed E-state index contributed by atoms with van der Waals surface area (Å²) in [7, 11) is 0. The van der Waals surface area contributed by atoms with Gasteiger partial charge in [-0.1, -0.05) is 11.8 Å². The van der Waals surface area contributed by atoms with Gasteiger partial charge < -0.3 is 9.84 Å². The number of rotatable bonds is 6. The third-order valence-electron chi connectivity index (χ3n) is 1.39. The monoisotopic (exact) mass is 231 g/mol. The molecule has 0 unspecified atom stereocenters. The molecule has 1 heterocycles. The highest BCUT2D eigenvalue weighted by Crippen LogP contribution is 2.11. The third-order valence-corrected chi connectivity index (χ3v) is 2.22. The molecule has 0 aliphatic carbocycles. The van der Waals surface area contributed by atoms with Crippen LogP contribution in [0.1, 0.15) is 19.7 Å². The van der Waals surface area contributed by atoms with Crippen molar-refractivity contribution in [2.24, 2.45) is 0 Å². The van der Waals surface area contributed by atoms with Crippen LogP contribution in [0.3, 0.4) is 0 Å². The lowest BCUT2D eigenvalue weighted by Gasteiger charge is -2.03. The van der Waals surface area contributed by atoms with Crippen LogP contribution in [0.25, 0.3) is 0 Å². The molecule has 6 nitrogen and oxygen atoms in total. The van der Waals surface area contributed by atoms with Crippen molar-refractivity contribution < 1.29 is 14.6 Å². The van der Waals surface area contributed by atoms with Gasteiger partial charge in [-0.15, -0.1) is 5.10 Å². The SMILES string of the molecule is CC(C)OCc1nc(SCC(=O)O)n[nH]1. The topological polar surface area (TPSA) is 88.1 Å². The number of aliphatic carboxylic acids is 1. The minimum atomic E-state index is -0.884. The smallest absolute Gasteiger partial charge is 0.313 e. The number of nitrogens with zero attached hydrogens (tertiary/aromatic N) is 2. The standard InChI is InChI=1S/C8H13N3O3S/c1-5(2)14-3-6-9-8(11-10-6)15-4-7(12)13/h5H,3-4H2,1-2H3,(H,12,13)(H,9,10,11). The maximum Gasteiger partial charge on any atom is 0.313 e. The summed E-state index contributed by atoms with van der Waals surface area (Å²) in [4.78, 5) is 14.3. The highest BCUT2D eigenvalue weighted by atomic mass is 32.2. The van der Waals surface area contributed by atoms with E-state index in [0.717, 1.165) is 11.8 Å². The Morgan fingerprint density at radius 2 is 2.40 bits per heavy atom. The van der Waals surface area contributed by atoms with E-state index in [2.05, 4.69) is 15.2 Å². The number of ether oxygens (including phenoxy) is 1. The Morgan fingerprint density at radius 3 is 3.00 bits per heavy atom. The van der Waals surface area contributed by atoms with E-state index in [4.69, 9.17) is 9.84 Å². The second kappa shape index (κ2) is 5.72. The fraction of sp³-hybridized carbons (Fsp3) is 0.625. The van der Waals surface area contributed by atoms with Crippen molar-refractivity contribution in [2.45, 2.75) is 31.7 Å². The van der Waals surface area contributed by atoms with Crippen LogP contribution < -0.4 is 0 Å². The van der Waals surface area contributed by atoms with Crippen molar-refractivity contribution in [2.75, 3.05) is 5.75 Å². The highest BCUT2D eigenvalue weighted by molar-refractivity contribution is 7.99. The Balaban J connectivity index is 2.38. The van der Waals surface area contributed by atoms with Crippen LogP contribution in [-0.2, 0) is 16.1 Å². The Labute approximate surface area is 91.4 Å². The van der Waals surface area contributed by atoms with Crippen molar-refractivity contribution in [1.29, 1.82) is 0 Å². The number of hydrogen-bond acceptors (Lipinski definition) is 5. The molecule has 0 fully saturated rings. The first-order valence-electron chi connectivity index (χ1n) is 4.45. The Hall–Kier alpha value is -1.08. The zero-order valence-electron chi connectivity index (χ0n) is 8.56. The number of carboxylic acids is 1. The lowest BCUT2D eigenvalue weighted by Crippen LogP contribution is -2.03. The lowest BCUT2D eigenvalue weighted by atomic mass is 10.5. The molecule has 0 bridgehead atoms. The molecule has 0 aliphatic rings. The second-order valence-electron chi connectivity index (χ2n) is 3.11. The fourth-order valence-electron chi connectivity index (χ4n) is 0.779. The van der Waals surface area contributed by atoms with Crippen molar-refractivity contribution in [1.82, 2.24) is 15.2 Å². The molecule has 1 aromatic heterocycles. The first kappa shape index (κ1) is 12.0. The molecular formula is C8H13N3O3S. The molecular weight excluding hydrogens is 218 g/mol. The number of thioether (sulfide) groups is 1. The van der Waals surface area contributed by atoms with Crippen LogP contribution in [0.15, 0.2) is 5.16 Å². The molecule has 0 saturated carbocycles. The zero-order valence-corrected chi connectivity index (χ0v) is 9.37. The quantitative estimate of drug-likeness (QED) is 0.707. The van der Waals surface area contributed by atoms with Crippen molar-refractivity contribution in [3.05, 3.63) is 5.82 Å². The van der Waals surface area contributed by atoms with Crippen molar-refractivity contribution in [3.63, 3.8) is 0 Å². The van der Waals surface area contributed by atoms with E-state index in [9.17, 15) is 4.79 Å². The van der Waals surface area contributed by atoms with Gasteiger partial charge in [-0.05, 0) is 13.8 Å². The molecule has 1 rings (SSSR count). The third kappa shape index (κ3) is 4.80. The summed E-state index contributed by atoms with van der Waals surface area (Å²) < 4.78 is 5.31. The molecule has 15 heavy (non-hydrogen) atoms. The zero-order chi connectivity index (χ0) is 11.3. The molecule has 7 heteroatoms. The van der Waals surface area contributed by atoms with E-state index < -0.39 is 5.97 Å². The fourth-order valence-corrected chi connectivity index (χ4v) is 1.32. The van der Waals surface area contributed by atoms with Gasteiger partial charge in [0.05, 0.1) is 11.9 Å². The normalized spacial score (nSPS) is 10.9. The van der Waals surface area contributed by atoms with Crippen LogP contribution >= 0.6 is 11.8 Å². The minimum Gasteiger partial charge on any atom is -0.481 e. The van der Waals surface area contributed by atoms with Gasteiger partial charge in [-0.2, -0.15) is 0 Å². The number of aromatic amines is 1. The van der Waals surface area contributed by atoms with Gasteiger partial charge in [0.2, 0.25) is 5.16 Å². The first-order valence-corrected chi connectivity index (χ1v) is 5.44. The molecule has 2 N–H and O–H groups in total. The van der Waals surface area contributed by atoms with Crippen LogP contribution in [0.2, 0.25) is 0 Å². The average molecular weight is 231 g/mol. The summed E-state index contributed by atoms with van der Waals surface area (Å²) in [6.45, 7) is 4.21. The summed E-state index contributed by atoms with van der Waals surface area (Å²) >= 11 is 1.08. The number of nitrogens with one attached hydrogen (secondary N) is 1. The average Bonchev–Trinajstić information content (AvgIpc) is 2.59. The second-order valence-corrected chi connectivity index (χ2v) is 4.05. The molecule has 0 atom stereocenters. The minimum absolute atomic E-state index is 0.0394. The predicted molar refractivity (Wildman–Crippen MR) is 54.7 cm³/mol. The number of hydrogen-bond donors (Lipinski definition) is 2. The molecule has 0 saturated heterocycles. The maximum absolute atomic E-state index is 10.3. The molecule has 0 spiro atoms. The van der Waals surface area contributed by atoms with Crippen molar-refractivity contribution >= 4 is 17.7 Å². The van der Waals surface area contributed by atoms with E-state index in [1.54, 1.807) is 0 Å². The molecule has 0 aromatic carbocycles. The Bertz CT molecular complexity index is 327. The van der Waals surface area contributed by atoms with Crippen LogP contribution in [0.4, 0.5) is 0 Å². The van der Waals surface area contributed by atoms with Gasteiger partial charge in [-0.3, -0.25) is 9.89 Å². The molecule has 0 radical (unpaired) electrons. The van der Waals surface area contributed by atoms with Gasteiger partial charge in [-0.25, -0.2) is 4.98 Å². The predicted octanol–water partition coefficient (Wildman–Crippen LogP) is 0.906. The van der Waals surface area contributed by atoms with Gasteiger partial charge >= 0.3 is 5.97 Å². The lowest BCUT2D eigenvalue weighted by molar-refractivity contribution is -0.133. The van der Waals surface area contributed by atoms with E-state index in [1.165, 1.54) is 0 Å². The Morgan fingerprint density at radius 1 is 1.67 bits per heavy atom. The molecule has 0 amide bonds. The van der Waals surface area contributed by atoms with Gasteiger partial charge in [0, 0.05) is 0 Å². The van der Waals surface area contributed by atoms with Gasteiger partial charge in [0.15, 0.2) is 5.82 Å². The molecule has 0 aliphatic heterocycles. The van der Waals surface area contributed by atoms with E-state index in [-0.39, 0.29) is 11.9 Å². The van der Waals surface area contributed by atoms with E-state index >= 15 is 0 Å². The number of carboxylic acid groups (broad SMARTS) is 1. The largest absolute Gasteiger partial charge is 0.481 e. The summed E-state index contributed by atoms with van der Waals surface area (Å²) in [5.41, 5.74) is 0. The summed E-state index contributed by atoms with van der Waals surface area (Å²) in [5.74, 6) is -0.316. The summed E-state index contributed by atoms with van der Waals surface area (Å²) in [5, 5.41) is 15.4. The van der Waals surface area contributed by atoms with Gasteiger partial charge in [0.25, 0.3) is 0 Å². The highest BCUT2D eigenvalue weighted by Gasteiger charge is 2.06. The Kier molecular flexibility index (Phi) is 4.57. The maximum atomic E-state index is 10.3. The number of aromatic nitrogens is 3. The summed E-state index contributed by atoms with van der Waals surface area (Å²) in [6.07, 6.45) is 0.130. The first-order chi connectivity index (χ1) is 7.08.